The lowest BCUT2D eigenvalue weighted by Crippen LogP contribution is -2.49. The van der Waals surface area contributed by atoms with Gasteiger partial charge in [-0.3, -0.25) is 9.69 Å². The molecule has 0 radical (unpaired) electrons. The molecule has 0 unspecified atom stereocenters. The van der Waals surface area contributed by atoms with Gasteiger partial charge >= 0.3 is 0 Å². The van der Waals surface area contributed by atoms with E-state index in [0.717, 1.165) is 71.0 Å². The summed E-state index contributed by atoms with van der Waals surface area (Å²) in [6.07, 6.45) is 6.59. The number of carbonyl (C=O) groups is 1. The Bertz CT molecular complexity index is 570. The maximum absolute atomic E-state index is 12.5. The first kappa shape index (κ1) is 17.1. The smallest absolute Gasteiger partial charge is 0.230 e. The number of ether oxygens (including phenoxy) is 2. The zero-order valence-corrected chi connectivity index (χ0v) is 14.8. The summed E-state index contributed by atoms with van der Waals surface area (Å²) in [5, 5.41) is 0. The first-order valence-corrected chi connectivity index (χ1v) is 9.51. The second-order valence-electron chi connectivity index (χ2n) is 7.55. The number of amides is 1. The standard InChI is InChI=1S/C19H28N2O4/c22-18(13-16-4-2-10-24-16)21-7-6-19(15-21)5-1-3-17(25-19)14-20-8-11-23-12-9-20/h2,4,10,17H,1,3,5-9,11-15H2/t17-,19-/m1/s1. The number of furan rings is 1. The molecule has 3 aliphatic rings. The van der Waals surface area contributed by atoms with Crippen LogP contribution in [0.15, 0.2) is 22.8 Å². The van der Waals surface area contributed by atoms with Crippen molar-refractivity contribution in [3.8, 4) is 0 Å². The van der Waals surface area contributed by atoms with Gasteiger partial charge in [0.1, 0.15) is 5.76 Å². The monoisotopic (exact) mass is 348 g/mol. The van der Waals surface area contributed by atoms with Crippen molar-refractivity contribution in [2.45, 2.75) is 43.8 Å². The highest BCUT2D eigenvalue weighted by atomic mass is 16.5. The summed E-state index contributed by atoms with van der Waals surface area (Å²) in [5.74, 6) is 0.881. The Morgan fingerprint density at radius 3 is 2.92 bits per heavy atom. The maximum Gasteiger partial charge on any atom is 0.230 e. The van der Waals surface area contributed by atoms with Gasteiger partial charge in [0.15, 0.2) is 0 Å². The Morgan fingerprint density at radius 1 is 1.24 bits per heavy atom. The molecule has 1 spiro atoms. The molecule has 3 saturated heterocycles. The summed E-state index contributed by atoms with van der Waals surface area (Å²) in [7, 11) is 0. The van der Waals surface area contributed by atoms with Crippen molar-refractivity contribution in [3.63, 3.8) is 0 Å². The number of rotatable bonds is 4. The molecule has 1 aromatic heterocycles. The lowest BCUT2D eigenvalue weighted by atomic mass is 9.90. The van der Waals surface area contributed by atoms with Crippen molar-refractivity contribution in [2.75, 3.05) is 45.9 Å². The fraction of sp³-hybridized carbons (Fsp3) is 0.737. The van der Waals surface area contributed by atoms with Crippen LogP contribution < -0.4 is 0 Å². The highest BCUT2D eigenvalue weighted by Crippen LogP contribution is 2.37. The molecule has 0 saturated carbocycles. The molecule has 0 aliphatic carbocycles. The summed E-state index contributed by atoms with van der Waals surface area (Å²) in [4.78, 5) is 16.9. The van der Waals surface area contributed by atoms with Crippen LogP contribution in [0.25, 0.3) is 0 Å². The summed E-state index contributed by atoms with van der Waals surface area (Å²) in [6, 6.07) is 3.69. The fourth-order valence-electron chi connectivity index (χ4n) is 4.36. The number of hydrogen-bond donors (Lipinski definition) is 0. The minimum Gasteiger partial charge on any atom is -0.469 e. The van der Waals surface area contributed by atoms with Gasteiger partial charge in [-0.25, -0.2) is 0 Å². The predicted octanol–water partition coefficient (Wildman–Crippen LogP) is 1.69. The lowest BCUT2D eigenvalue weighted by molar-refractivity contribution is -0.142. The second kappa shape index (κ2) is 7.48. The molecule has 138 valence electrons. The van der Waals surface area contributed by atoms with Gasteiger partial charge in [-0.2, -0.15) is 0 Å². The number of hydrogen-bond acceptors (Lipinski definition) is 5. The highest BCUT2D eigenvalue weighted by Gasteiger charge is 2.44. The van der Waals surface area contributed by atoms with E-state index in [4.69, 9.17) is 13.9 Å². The fourth-order valence-corrected chi connectivity index (χ4v) is 4.36. The summed E-state index contributed by atoms with van der Waals surface area (Å²) in [5.41, 5.74) is -0.131. The van der Waals surface area contributed by atoms with Crippen molar-refractivity contribution in [3.05, 3.63) is 24.2 Å². The molecular formula is C19H28N2O4. The van der Waals surface area contributed by atoms with Crippen LogP contribution in [0.5, 0.6) is 0 Å². The van der Waals surface area contributed by atoms with E-state index in [1.165, 1.54) is 6.42 Å². The van der Waals surface area contributed by atoms with E-state index in [2.05, 4.69) is 4.90 Å². The molecule has 3 fully saturated rings. The van der Waals surface area contributed by atoms with Crippen LogP contribution in [0.1, 0.15) is 31.4 Å². The van der Waals surface area contributed by atoms with E-state index in [0.29, 0.717) is 6.42 Å². The van der Waals surface area contributed by atoms with Crippen molar-refractivity contribution in [1.29, 1.82) is 0 Å². The van der Waals surface area contributed by atoms with Crippen LogP contribution in [-0.4, -0.2) is 73.3 Å². The molecule has 6 heteroatoms. The maximum atomic E-state index is 12.5. The van der Waals surface area contributed by atoms with E-state index >= 15 is 0 Å². The van der Waals surface area contributed by atoms with E-state index in [-0.39, 0.29) is 17.6 Å². The van der Waals surface area contributed by atoms with E-state index in [1.54, 1.807) is 6.26 Å². The quantitative estimate of drug-likeness (QED) is 0.829. The van der Waals surface area contributed by atoms with E-state index in [1.807, 2.05) is 17.0 Å². The minimum absolute atomic E-state index is 0.131. The summed E-state index contributed by atoms with van der Waals surface area (Å²) >= 11 is 0. The lowest BCUT2D eigenvalue weighted by Gasteiger charge is -2.41. The van der Waals surface area contributed by atoms with Gasteiger partial charge < -0.3 is 18.8 Å². The Labute approximate surface area is 149 Å². The van der Waals surface area contributed by atoms with Crippen LogP contribution >= 0.6 is 0 Å². The van der Waals surface area contributed by atoms with E-state index in [9.17, 15) is 4.79 Å². The van der Waals surface area contributed by atoms with Crippen molar-refractivity contribution < 1.29 is 18.7 Å². The van der Waals surface area contributed by atoms with Crippen molar-refractivity contribution in [1.82, 2.24) is 9.80 Å². The Balaban J connectivity index is 1.31. The topological polar surface area (TPSA) is 55.2 Å². The third kappa shape index (κ3) is 4.07. The Morgan fingerprint density at radius 2 is 2.12 bits per heavy atom. The van der Waals surface area contributed by atoms with Crippen molar-refractivity contribution >= 4 is 5.91 Å². The summed E-state index contributed by atoms with van der Waals surface area (Å²) in [6.45, 7) is 6.17. The average Bonchev–Trinajstić information content (AvgIpc) is 3.26. The van der Waals surface area contributed by atoms with Gasteiger partial charge in [0, 0.05) is 32.7 Å². The average molecular weight is 348 g/mol. The summed E-state index contributed by atoms with van der Waals surface area (Å²) < 4.78 is 17.3. The molecule has 6 nitrogen and oxygen atoms in total. The first-order valence-electron chi connectivity index (χ1n) is 9.51. The van der Waals surface area contributed by atoms with Gasteiger partial charge in [-0.05, 0) is 37.8 Å². The molecule has 3 aliphatic heterocycles. The van der Waals surface area contributed by atoms with Crippen LogP contribution in [0, 0.1) is 0 Å². The predicted molar refractivity (Wildman–Crippen MR) is 92.3 cm³/mol. The molecule has 2 atom stereocenters. The number of morpholine rings is 1. The van der Waals surface area contributed by atoms with Gasteiger partial charge in [-0.15, -0.1) is 0 Å². The SMILES string of the molecule is O=C(Cc1ccco1)N1CC[C@]2(CCC[C@H](CN3CCOCC3)O2)C1. The second-order valence-corrected chi connectivity index (χ2v) is 7.55. The van der Waals surface area contributed by atoms with Gasteiger partial charge in [-0.1, -0.05) is 0 Å². The van der Waals surface area contributed by atoms with Crippen LogP contribution in [0.2, 0.25) is 0 Å². The van der Waals surface area contributed by atoms with Gasteiger partial charge in [0.2, 0.25) is 5.91 Å². The van der Waals surface area contributed by atoms with Crippen molar-refractivity contribution in [2.24, 2.45) is 0 Å². The van der Waals surface area contributed by atoms with Gasteiger partial charge in [0.25, 0.3) is 0 Å². The molecule has 4 rings (SSSR count). The Kier molecular flexibility index (Phi) is 5.10. The first-order chi connectivity index (χ1) is 12.2. The molecule has 0 bridgehead atoms. The molecule has 1 aromatic rings. The molecule has 1 amide bonds. The molecular weight excluding hydrogens is 320 g/mol. The largest absolute Gasteiger partial charge is 0.469 e. The molecule has 0 N–H and O–H groups in total. The highest BCUT2D eigenvalue weighted by molar-refractivity contribution is 5.78. The normalized spacial score (nSPS) is 30.9. The van der Waals surface area contributed by atoms with Crippen LogP contribution in [-0.2, 0) is 20.7 Å². The zero-order valence-electron chi connectivity index (χ0n) is 14.8. The van der Waals surface area contributed by atoms with E-state index < -0.39 is 0 Å². The third-order valence-electron chi connectivity index (χ3n) is 5.72. The zero-order chi connectivity index (χ0) is 17.1. The number of carbonyl (C=O) groups excluding carboxylic acids is 1. The number of nitrogens with zero attached hydrogens (tertiary/aromatic N) is 2. The third-order valence-corrected chi connectivity index (χ3v) is 5.72. The molecule has 0 aromatic carbocycles. The number of likely N-dealkylation sites (tertiary alicyclic amines) is 1. The van der Waals surface area contributed by atoms with Crippen LogP contribution in [0.3, 0.4) is 0 Å². The Hall–Kier alpha value is -1.37. The molecule has 25 heavy (non-hydrogen) atoms. The molecule has 4 heterocycles. The van der Waals surface area contributed by atoms with Crippen LogP contribution in [0.4, 0.5) is 0 Å². The minimum atomic E-state index is -0.131. The van der Waals surface area contributed by atoms with Gasteiger partial charge in [0.05, 0.1) is 37.6 Å².